The van der Waals surface area contributed by atoms with Crippen molar-refractivity contribution >= 4 is 23.2 Å². The number of anilines is 1. The molecule has 1 fully saturated rings. The van der Waals surface area contributed by atoms with Crippen molar-refractivity contribution in [3.05, 3.63) is 47.1 Å². The lowest BCUT2D eigenvalue weighted by Crippen LogP contribution is -2.46. The van der Waals surface area contributed by atoms with Gasteiger partial charge < -0.3 is 4.90 Å². The van der Waals surface area contributed by atoms with Crippen LogP contribution in [-0.4, -0.2) is 55.6 Å². The van der Waals surface area contributed by atoms with Gasteiger partial charge in [-0.3, -0.25) is 9.88 Å². The Labute approximate surface area is 151 Å². The first-order valence-corrected chi connectivity index (χ1v) is 8.88. The number of fused-ring (bicyclic) bond motifs is 1. The zero-order valence-electron chi connectivity index (χ0n) is 14.1. The number of hydrogen-bond donors (Lipinski definition) is 0. The van der Waals surface area contributed by atoms with Crippen LogP contribution in [0, 0.1) is 0 Å². The summed E-state index contributed by atoms with van der Waals surface area (Å²) in [6.45, 7) is 6.79. The Morgan fingerprint density at radius 3 is 2.64 bits per heavy atom. The van der Waals surface area contributed by atoms with Gasteiger partial charge in [0.25, 0.3) is 5.78 Å². The highest BCUT2D eigenvalue weighted by molar-refractivity contribution is 6.30. The van der Waals surface area contributed by atoms with E-state index >= 15 is 0 Å². The van der Waals surface area contributed by atoms with Crippen molar-refractivity contribution in [3.8, 4) is 0 Å². The fourth-order valence-corrected chi connectivity index (χ4v) is 3.23. The molecule has 7 nitrogen and oxygen atoms in total. The Hall–Kier alpha value is -2.25. The highest BCUT2D eigenvalue weighted by atomic mass is 35.5. The van der Waals surface area contributed by atoms with E-state index in [1.54, 1.807) is 12.5 Å². The number of pyridine rings is 1. The third-order valence-electron chi connectivity index (χ3n) is 4.52. The second kappa shape index (κ2) is 6.93. The molecule has 0 aromatic carbocycles. The Kier molecular flexibility index (Phi) is 4.50. The molecular formula is C17H20ClN7. The van der Waals surface area contributed by atoms with Crippen molar-refractivity contribution in [2.45, 2.75) is 19.9 Å². The lowest BCUT2D eigenvalue weighted by molar-refractivity contribution is 0.246. The average Bonchev–Trinajstić information content (AvgIpc) is 3.12. The smallest absolute Gasteiger partial charge is 0.254 e. The Morgan fingerprint density at radius 2 is 1.92 bits per heavy atom. The van der Waals surface area contributed by atoms with Crippen LogP contribution in [0.3, 0.4) is 0 Å². The third kappa shape index (κ3) is 3.43. The van der Waals surface area contributed by atoms with Gasteiger partial charge in [-0.25, -0.2) is 4.98 Å². The fraction of sp³-hybridized carbons (Fsp3) is 0.412. The summed E-state index contributed by atoms with van der Waals surface area (Å²) in [7, 11) is 0. The van der Waals surface area contributed by atoms with Gasteiger partial charge in [0.05, 0.1) is 10.7 Å². The highest BCUT2D eigenvalue weighted by Crippen LogP contribution is 2.19. The number of piperazine rings is 1. The average molecular weight is 358 g/mol. The maximum Gasteiger partial charge on any atom is 0.254 e. The molecule has 0 atom stereocenters. The van der Waals surface area contributed by atoms with Crippen molar-refractivity contribution in [1.29, 1.82) is 0 Å². The summed E-state index contributed by atoms with van der Waals surface area (Å²) >= 11 is 5.90. The summed E-state index contributed by atoms with van der Waals surface area (Å²) in [6, 6.07) is 6.01. The van der Waals surface area contributed by atoms with Gasteiger partial charge in [-0.1, -0.05) is 18.5 Å². The number of halogens is 1. The van der Waals surface area contributed by atoms with E-state index in [1.165, 1.54) is 0 Å². The van der Waals surface area contributed by atoms with E-state index in [0.29, 0.717) is 10.8 Å². The molecule has 0 spiro atoms. The van der Waals surface area contributed by atoms with E-state index in [-0.39, 0.29) is 0 Å². The van der Waals surface area contributed by atoms with Gasteiger partial charge in [-0.05, 0) is 18.6 Å². The summed E-state index contributed by atoms with van der Waals surface area (Å²) in [5, 5.41) is 5.01. The summed E-state index contributed by atoms with van der Waals surface area (Å²) in [5.74, 6) is 1.74. The predicted molar refractivity (Wildman–Crippen MR) is 96.9 cm³/mol. The second-order valence-corrected chi connectivity index (χ2v) is 6.60. The summed E-state index contributed by atoms with van der Waals surface area (Å²) < 4.78 is 1.83. The zero-order chi connectivity index (χ0) is 17.2. The molecule has 1 aliphatic heterocycles. The molecule has 0 radical (unpaired) electrons. The van der Waals surface area contributed by atoms with Crippen LogP contribution in [0.25, 0.3) is 5.78 Å². The van der Waals surface area contributed by atoms with Gasteiger partial charge in [-0.15, -0.1) is 0 Å². The minimum atomic E-state index is 0.669. The minimum Gasteiger partial charge on any atom is -0.354 e. The van der Waals surface area contributed by atoms with Gasteiger partial charge in [0, 0.05) is 50.7 Å². The van der Waals surface area contributed by atoms with Gasteiger partial charge in [0.2, 0.25) is 0 Å². The molecule has 3 aromatic rings. The highest BCUT2D eigenvalue weighted by Gasteiger charge is 2.20. The minimum absolute atomic E-state index is 0.669. The SMILES string of the molecule is CCc1cc(N2CCN(Cc3ccc(Cl)cn3)CC2)n2ncnc2n1. The molecule has 1 saturated heterocycles. The lowest BCUT2D eigenvalue weighted by Gasteiger charge is -2.35. The number of hydrogen-bond acceptors (Lipinski definition) is 6. The molecule has 4 heterocycles. The van der Waals surface area contributed by atoms with Crippen molar-refractivity contribution in [2.24, 2.45) is 0 Å². The van der Waals surface area contributed by atoms with Gasteiger partial charge in [0.1, 0.15) is 12.1 Å². The molecule has 0 amide bonds. The molecule has 0 aliphatic carbocycles. The van der Waals surface area contributed by atoms with Crippen molar-refractivity contribution in [1.82, 2.24) is 29.5 Å². The van der Waals surface area contributed by atoms with E-state index < -0.39 is 0 Å². The fourth-order valence-electron chi connectivity index (χ4n) is 3.11. The maximum absolute atomic E-state index is 5.90. The standard InChI is InChI=1S/C17H20ClN7/c1-2-14-9-16(25-17(22-14)20-12-21-25)24-7-5-23(6-8-24)11-15-4-3-13(18)10-19-15/h3-4,9-10,12H,2,5-8,11H2,1H3. The number of nitrogens with zero attached hydrogens (tertiary/aromatic N) is 7. The lowest BCUT2D eigenvalue weighted by atomic mass is 10.2. The Bertz CT molecular complexity index is 853. The molecule has 25 heavy (non-hydrogen) atoms. The van der Waals surface area contributed by atoms with Crippen LogP contribution >= 0.6 is 11.6 Å². The van der Waals surface area contributed by atoms with E-state index in [4.69, 9.17) is 11.6 Å². The van der Waals surface area contributed by atoms with Crippen LogP contribution in [0.15, 0.2) is 30.7 Å². The normalized spacial score (nSPS) is 15.8. The zero-order valence-corrected chi connectivity index (χ0v) is 14.9. The molecular weight excluding hydrogens is 338 g/mol. The van der Waals surface area contributed by atoms with E-state index in [9.17, 15) is 0 Å². The van der Waals surface area contributed by atoms with Crippen LogP contribution in [0.4, 0.5) is 5.82 Å². The molecule has 8 heteroatoms. The monoisotopic (exact) mass is 357 g/mol. The molecule has 130 valence electrons. The van der Waals surface area contributed by atoms with E-state index in [2.05, 4.69) is 42.8 Å². The van der Waals surface area contributed by atoms with Crippen LogP contribution in [-0.2, 0) is 13.0 Å². The third-order valence-corrected chi connectivity index (χ3v) is 4.74. The van der Waals surface area contributed by atoms with Crippen molar-refractivity contribution < 1.29 is 0 Å². The topological polar surface area (TPSA) is 62.5 Å². The Morgan fingerprint density at radius 1 is 1.08 bits per heavy atom. The van der Waals surface area contributed by atoms with Gasteiger partial charge >= 0.3 is 0 Å². The maximum atomic E-state index is 5.90. The quantitative estimate of drug-likeness (QED) is 0.712. The summed E-state index contributed by atoms with van der Waals surface area (Å²) in [4.78, 5) is 17.9. The number of rotatable bonds is 4. The van der Waals surface area contributed by atoms with Crippen LogP contribution in [0.2, 0.25) is 5.02 Å². The van der Waals surface area contributed by atoms with Crippen molar-refractivity contribution in [3.63, 3.8) is 0 Å². The first kappa shape index (κ1) is 16.2. The molecule has 1 aliphatic rings. The van der Waals surface area contributed by atoms with E-state index in [1.807, 2.05) is 16.6 Å². The number of aromatic nitrogens is 5. The Balaban J connectivity index is 1.46. The number of aryl methyl sites for hydroxylation is 1. The van der Waals surface area contributed by atoms with Crippen LogP contribution in [0.5, 0.6) is 0 Å². The summed E-state index contributed by atoms with van der Waals surface area (Å²) in [6.07, 6.45) is 4.16. The molecule has 0 bridgehead atoms. The summed E-state index contributed by atoms with van der Waals surface area (Å²) in [5.41, 5.74) is 2.09. The van der Waals surface area contributed by atoms with E-state index in [0.717, 1.165) is 56.4 Å². The van der Waals surface area contributed by atoms with Crippen LogP contribution in [0.1, 0.15) is 18.3 Å². The molecule has 0 N–H and O–H groups in total. The van der Waals surface area contributed by atoms with Crippen LogP contribution < -0.4 is 4.90 Å². The first-order chi connectivity index (χ1) is 12.2. The second-order valence-electron chi connectivity index (χ2n) is 6.16. The molecule has 0 saturated carbocycles. The molecule has 3 aromatic heterocycles. The molecule has 0 unspecified atom stereocenters. The first-order valence-electron chi connectivity index (χ1n) is 8.50. The molecule has 4 rings (SSSR count). The van der Waals surface area contributed by atoms with Gasteiger partial charge in [-0.2, -0.15) is 14.6 Å². The van der Waals surface area contributed by atoms with Crippen molar-refractivity contribution in [2.75, 3.05) is 31.1 Å². The van der Waals surface area contributed by atoms with Gasteiger partial charge in [0.15, 0.2) is 0 Å². The largest absolute Gasteiger partial charge is 0.354 e. The predicted octanol–water partition coefficient (Wildman–Crippen LogP) is 2.06.